The molecule has 1 aliphatic rings. The van der Waals surface area contributed by atoms with Gasteiger partial charge in [-0.1, -0.05) is 42.0 Å². The van der Waals surface area contributed by atoms with Gasteiger partial charge in [0.05, 0.1) is 0 Å². The van der Waals surface area contributed by atoms with Crippen LogP contribution in [0.3, 0.4) is 0 Å². The Morgan fingerprint density at radius 1 is 1.19 bits per heavy atom. The highest BCUT2D eigenvalue weighted by atomic mass is 32.1. The molecule has 136 valence electrons. The molecule has 0 atom stereocenters. The van der Waals surface area contributed by atoms with E-state index in [2.05, 4.69) is 30.0 Å². The zero-order valence-electron chi connectivity index (χ0n) is 15.0. The molecular formula is C21H24N2O2S. The Kier molecular flexibility index (Phi) is 5.89. The molecule has 1 saturated heterocycles. The van der Waals surface area contributed by atoms with E-state index in [0.717, 1.165) is 47.8 Å². The average Bonchev–Trinajstić information content (AvgIpc) is 2.66. The molecule has 0 unspecified atom stereocenters. The van der Waals surface area contributed by atoms with Crippen molar-refractivity contribution in [1.29, 1.82) is 0 Å². The summed E-state index contributed by atoms with van der Waals surface area (Å²) >= 11 is 5.61. The molecule has 0 radical (unpaired) electrons. The molecule has 26 heavy (non-hydrogen) atoms. The fourth-order valence-electron chi connectivity index (χ4n) is 3.21. The summed E-state index contributed by atoms with van der Waals surface area (Å²) in [5.74, 6) is 0.600. The molecular weight excluding hydrogens is 344 g/mol. The van der Waals surface area contributed by atoms with Crippen molar-refractivity contribution < 1.29 is 9.53 Å². The Balaban J connectivity index is 1.55. The van der Waals surface area contributed by atoms with Crippen molar-refractivity contribution in [1.82, 2.24) is 4.90 Å². The third-order valence-corrected chi connectivity index (χ3v) is 5.27. The molecule has 3 rings (SSSR count). The molecule has 1 heterocycles. The minimum absolute atomic E-state index is 0.0218. The highest BCUT2D eigenvalue weighted by Crippen LogP contribution is 2.21. The van der Waals surface area contributed by atoms with Crippen molar-refractivity contribution >= 4 is 23.1 Å². The SMILES string of the molecule is Cc1cccc(COc2ccc(C(=S)N3CCC(C(N)=O)CC3)cc2)c1. The number of likely N-dealkylation sites (tertiary alicyclic amines) is 1. The number of rotatable bonds is 5. The third kappa shape index (κ3) is 4.61. The fourth-order valence-corrected chi connectivity index (χ4v) is 3.53. The van der Waals surface area contributed by atoms with E-state index < -0.39 is 0 Å². The number of nitrogens with two attached hydrogens (primary N) is 1. The monoisotopic (exact) mass is 368 g/mol. The summed E-state index contributed by atoms with van der Waals surface area (Å²) in [6, 6.07) is 16.2. The number of hydrogen-bond donors (Lipinski definition) is 1. The lowest BCUT2D eigenvalue weighted by atomic mass is 9.96. The molecule has 0 spiro atoms. The lowest BCUT2D eigenvalue weighted by Crippen LogP contribution is -2.41. The Morgan fingerprint density at radius 2 is 1.88 bits per heavy atom. The number of amides is 1. The van der Waals surface area contributed by atoms with Crippen LogP contribution in [0.25, 0.3) is 0 Å². The number of aryl methyl sites for hydroxylation is 1. The fraction of sp³-hybridized carbons (Fsp3) is 0.333. The first kappa shape index (κ1) is 18.4. The lowest BCUT2D eigenvalue weighted by Gasteiger charge is -2.32. The van der Waals surface area contributed by atoms with Gasteiger partial charge in [0.15, 0.2) is 0 Å². The number of carbonyl (C=O) groups is 1. The molecule has 2 N–H and O–H groups in total. The van der Waals surface area contributed by atoms with E-state index >= 15 is 0 Å². The standard InChI is InChI=1S/C21H24N2O2S/c1-15-3-2-4-16(13-15)14-25-19-7-5-18(6-8-19)21(26)23-11-9-17(10-12-23)20(22)24/h2-8,13,17H,9-12,14H2,1H3,(H2,22,24). The minimum Gasteiger partial charge on any atom is -0.489 e. The van der Waals surface area contributed by atoms with E-state index in [1.807, 2.05) is 30.3 Å². The number of carbonyl (C=O) groups excluding carboxylic acids is 1. The Morgan fingerprint density at radius 3 is 2.50 bits per heavy atom. The third-order valence-electron chi connectivity index (χ3n) is 4.77. The number of nitrogens with zero attached hydrogens (tertiary/aromatic N) is 1. The maximum absolute atomic E-state index is 11.3. The second-order valence-electron chi connectivity index (χ2n) is 6.77. The predicted octanol–water partition coefficient (Wildman–Crippen LogP) is 3.45. The van der Waals surface area contributed by atoms with E-state index in [4.69, 9.17) is 22.7 Å². The number of primary amides is 1. The Bertz CT molecular complexity index is 781. The molecule has 1 fully saturated rings. The number of ether oxygens (including phenoxy) is 1. The number of thiocarbonyl (C=S) groups is 1. The molecule has 0 aliphatic carbocycles. The van der Waals surface area contributed by atoms with Crippen molar-refractivity contribution in [3.05, 3.63) is 65.2 Å². The number of benzene rings is 2. The van der Waals surface area contributed by atoms with Gasteiger partial charge >= 0.3 is 0 Å². The van der Waals surface area contributed by atoms with Gasteiger partial charge in [-0.25, -0.2) is 0 Å². The van der Waals surface area contributed by atoms with Gasteiger partial charge in [0, 0.05) is 24.6 Å². The summed E-state index contributed by atoms with van der Waals surface area (Å²) in [6.07, 6.45) is 1.54. The summed E-state index contributed by atoms with van der Waals surface area (Å²) in [5.41, 5.74) is 8.77. The van der Waals surface area contributed by atoms with Crippen LogP contribution in [0, 0.1) is 12.8 Å². The quantitative estimate of drug-likeness (QED) is 0.822. The van der Waals surface area contributed by atoms with Gasteiger partial charge in [-0.3, -0.25) is 4.79 Å². The van der Waals surface area contributed by atoms with E-state index in [1.54, 1.807) is 0 Å². The first-order chi connectivity index (χ1) is 12.5. The van der Waals surface area contributed by atoms with Gasteiger partial charge in [0.1, 0.15) is 17.3 Å². The summed E-state index contributed by atoms with van der Waals surface area (Å²) < 4.78 is 5.86. The first-order valence-corrected chi connectivity index (χ1v) is 9.31. The molecule has 5 heteroatoms. The van der Waals surface area contributed by atoms with E-state index in [9.17, 15) is 4.79 Å². The average molecular weight is 369 g/mol. The molecule has 0 bridgehead atoms. The normalized spacial score (nSPS) is 14.9. The number of piperidine rings is 1. The Labute approximate surface area is 160 Å². The largest absolute Gasteiger partial charge is 0.489 e. The van der Waals surface area contributed by atoms with Crippen LogP contribution < -0.4 is 10.5 Å². The molecule has 1 amide bonds. The van der Waals surface area contributed by atoms with Crippen LogP contribution in [0.2, 0.25) is 0 Å². The summed E-state index contributed by atoms with van der Waals surface area (Å²) in [4.78, 5) is 14.2. The highest BCUT2D eigenvalue weighted by Gasteiger charge is 2.24. The van der Waals surface area contributed by atoms with Crippen LogP contribution in [0.4, 0.5) is 0 Å². The van der Waals surface area contributed by atoms with Gasteiger partial charge in [-0.2, -0.15) is 0 Å². The number of hydrogen-bond acceptors (Lipinski definition) is 3. The predicted molar refractivity (Wildman–Crippen MR) is 107 cm³/mol. The van der Waals surface area contributed by atoms with Crippen molar-refractivity contribution in [2.75, 3.05) is 13.1 Å². The molecule has 2 aromatic rings. The zero-order chi connectivity index (χ0) is 18.5. The van der Waals surface area contributed by atoms with Crippen LogP contribution in [0.5, 0.6) is 5.75 Å². The maximum atomic E-state index is 11.3. The van der Waals surface area contributed by atoms with Gasteiger partial charge in [0.25, 0.3) is 0 Å². The maximum Gasteiger partial charge on any atom is 0.220 e. The smallest absolute Gasteiger partial charge is 0.220 e. The van der Waals surface area contributed by atoms with Crippen molar-refractivity contribution in [2.45, 2.75) is 26.4 Å². The van der Waals surface area contributed by atoms with E-state index in [-0.39, 0.29) is 11.8 Å². The van der Waals surface area contributed by atoms with Crippen molar-refractivity contribution in [3.8, 4) is 5.75 Å². The van der Waals surface area contributed by atoms with Crippen LogP contribution >= 0.6 is 12.2 Å². The van der Waals surface area contributed by atoms with Gasteiger partial charge < -0.3 is 15.4 Å². The van der Waals surface area contributed by atoms with Crippen LogP contribution in [0.1, 0.15) is 29.5 Å². The molecule has 4 nitrogen and oxygen atoms in total. The van der Waals surface area contributed by atoms with Crippen LogP contribution in [-0.4, -0.2) is 28.9 Å². The molecule has 1 aliphatic heterocycles. The second kappa shape index (κ2) is 8.32. The lowest BCUT2D eigenvalue weighted by molar-refractivity contribution is -0.122. The summed E-state index contributed by atoms with van der Waals surface area (Å²) in [7, 11) is 0. The van der Waals surface area contributed by atoms with Crippen molar-refractivity contribution in [2.24, 2.45) is 11.7 Å². The van der Waals surface area contributed by atoms with E-state index in [0.29, 0.717) is 6.61 Å². The first-order valence-electron chi connectivity index (χ1n) is 8.90. The van der Waals surface area contributed by atoms with Gasteiger partial charge in [-0.15, -0.1) is 0 Å². The molecule has 0 aromatic heterocycles. The Hall–Kier alpha value is -2.40. The van der Waals surface area contributed by atoms with Gasteiger partial charge in [-0.05, 0) is 49.6 Å². The van der Waals surface area contributed by atoms with Crippen molar-refractivity contribution in [3.63, 3.8) is 0 Å². The topological polar surface area (TPSA) is 55.6 Å². The van der Waals surface area contributed by atoms with Crippen LogP contribution in [-0.2, 0) is 11.4 Å². The second-order valence-corrected chi connectivity index (χ2v) is 7.16. The summed E-state index contributed by atoms with van der Waals surface area (Å²) in [6.45, 7) is 4.17. The van der Waals surface area contributed by atoms with E-state index in [1.165, 1.54) is 5.56 Å². The molecule has 0 saturated carbocycles. The highest BCUT2D eigenvalue weighted by molar-refractivity contribution is 7.80. The zero-order valence-corrected chi connectivity index (χ0v) is 15.8. The van der Waals surface area contributed by atoms with Crippen LogP contribution in [0.15, 0.2) is 48.5 Å². The minimum atomic E-state index is -0.203. The summed E-state index contributed by atoms with van der Waals surface area (Å²) in [5, 5.41) is 0. The van der Waals surface area contributed by atoms with Gasteiger partial charge in [0.2, 0.25) is 5.91 Å². The molecule has 2 aromatic carbocycles.